The van der Waals surface area contributed by atoms with E-state index >= 15 is 0 Å². The second kappa shape index (κ2) is 9.80. The average molecular weight is 299 g/mol. The summed E-state index contributed by atoms with van der Waals surface area (Å²) in [4.78, 5) is 24.6. The second-order valence-electron chi connectivity index (χ2n) is 6.75. The van der Waals surface area contributed by atoms with Crippen molar-refractivity contribution < 1.29 is 14.7 Å². The van der Waals surface area contributed by atoms with Crippen LogP contribution in [0.25, 0.3) is 0 Å². The summed E-state index contributed by atoms with van der Waals surface area (Å²) in [5.74, 6) is 0.692. The maximum absolute atomic E-state index is 12.0. The molecular formula is C17H33NO3. The van der Waals surface area contributed by atoms with Crippen LogP contribution in [0.4, 0.5) is 0 Å². The zero-order chi connectivity index (χ0) is 16.6. The molecule has 0 aliphatic heterocycles. The molecule has 0 unspecified atom stereocenters. The van der Waals surface area contributed by atoms with Crippen molar-refractivity contribution in [2.24, 2.45) is 23.7 Å². The first-order chi connectivity index (χ1) is 9.68. The molecule has 0 aromatic rings. The van der Waals surface area contributed by atoms with E-state index in [1.54, 1.807) is 0 Å². The summed E-state index contributed by atoms with van der Waals surface area (Å²) in [6.45, 7) is 11.1. The molecule has 4 heteroatoms. The van der Waals surface area contributed by atoms with Crippen LogP contribution in [0.1, 0.15) is 60.3 Å². The molecule has 0 aromatic heterocycles. The van der Waals surface area contributed by atoms with Crippen molar-refractivity contribution in [3.63, 3.8) is 0 Å². The zero-order valence-electron chi connectivity index (χ0n) is 14.6. The maximum Gasteiger partial charge on any atom is 0.303 e. The number of carbonyl (C=O) groups is 2. The van der Waals surface area contributed by atoms with Gasteiger partial charge in [0.2, 0.25) is 5.91 Å². The summed E-state index contributed by atoms with van der Waals surface area (Å²) in [5, 5.41) is 8.84. The van der Waals surface area contributed by atoms with Gasteiger partial charge in [-0.15, -0.1) is 0 Å². The van der Waals surface area contributed by atoms with E-state index in [2.05, 4.69) is 13.8 Å². The first-order valence-electron chi connectivity index (χ1n) is 8.15. The summed E-state index contributed by atoms with van der Waals surface area (Å²) in [7, 11) is 1.87. The van der Waals surface area contributed by atoms with Gasteiger partial charge in [-0.2, -0.15) is 0 Å². The largest absolute Gasteiger partial charge is 0.481 e. The molecule has 0 aliphatic carbocycles. The first-order valence-corrected chi connectivity index (χ1v) is 8.15. The SMILES string of the molecule is CC[C@@H](C)C(=O)N(C)CC[C@@H](C)C[C@H](C)[C@H](C)CC(=O)O. The Hall–Kier alpha value is -1.06. The monoisotopic (exact) mass is 299 g/mol. The molecule has 0 saturated heterocycles. The Morgan fingerprint density at radius 3 is 2.14 bits per heavy atom. The van der Waals surface area contributed by atoms with E-state index in [9.17, 15) is 9.59 Å². The number of rotatable bonds is 10. The number of aliphatic carboxylic acids is 1. The van der Waals surface area contributed by atoms with Crippen molar-refractivity contribution >= 4 is 11.9 Å². The van der Waals surface area contributed by atoms with Gasteiger partial charge >= 0.3 is 5.97 Å². The summed E-state index contributed by atoms with van der Waals surface area (Å²) in [6, 6.07) is 0. The highest BCUT2D eigenvalue weighted by Crippen LogP contribution is 2.24. The van der Waals surface area contributed by atoms with E-state index in [4.69, 9.17) is 5.11 Å². The van der Waals surface area contributed by atoms with Crippen molar-refractivity contribution in [3.05, 3.63) is 0 Å². The lowest BCUT2D eigenvalue weighted by molar-refractivity contribution is -0.138. The van der Waals surface area contributed by atoms with Gasteiger partial charge < -0.3 is 10.0 Å². The molecular weight excluding hydrogens is 266 g/mol. The van der Waals surface area contributed by atoms with Crippen LogP contribution in [-0.4, -0.2) is 35.5 Å². The Kier molecular flexibility index (Phi) is 9.31. The average Bonchev–Trinajstić information content (AvgIpc) is 2.42. The number of carboxylic acids is 1. The molecule has 4 nitrogen and oxygen atoms in total. The number of hydrogen-bond donors (Lipinski definition) is 1. The van der Waals surface area contributed by atoms with Crippen LogP contribution in [0.3, 0.4) is 0 Å². The van der Waals surface area contributed by atoms with Gasteiger partial charge in [-0.05, 0) is 37.0 Å². The predicted octanol–water partition coefficient (Wildman–Crippen LogP) is 3.65. The molecule has 4 atom stereocenters. The number of carboxylic acid groups (broad SMARTS) is 1. The van der Waals surface area contributed by atoms with Gasteiger partial charge in [-0.1, -0.05) is 34.6 Å². The molecule has 0 aromatic carbocycles. The third kappa shape index (κ3) is 8.08. The Labute approximate surface area is 129 Å². The minimum Gasteiger partial charge on any atom is -0.481 e. The molecule has 0 aliphatic rings. The van der Waals surface area contributed by atoms with Crippen LogP contribution in [0.15, 0.2) is 0 Å². The summed E-state index contributed by atoms with van der Waals surface area (Å²) >= 11 is 0. The molecule has 0 bridgehead atoms. The molecule has 0 heterocycles. The van der Waals surface area contributed by atoms with E-state index in [-0.39, 0.29) is 24.2 Å². The number of amides is 1. The smallest absolute Gasteiger partial charge is 0.303 e. The van der Waals surface area contributed by atoms with Crippen LogP contribution in [-0.2, 0) is 9.59 Å². The van der Waals surface area contributed by atoms with Gasteiger partial charge in [-0.25, -0.2) is 0 Å². The lowest BCUT2D eigenvalue weighted by Crippen LogP contribution is -2.33. The van der Waals surface area contributed by atoms with E-state index in [1.807, 2.05) is 32.7 Å². The minimum atomic E-state index is -0.721. The molecule has 0 radical (unpaired) electrons. The molecule has 124 valence electrons. The molecule has 0 rings (SSSR count). The third-order valence-electron chi connectivity index (χ3n) is 4.61. The molecule has 0 spiro atoms. The van der Waals surface area contributed by atoms with Crippen LogP contribution in [0.5, 0.6) is 0 Å². The van der Waals surface area contributed by atoms with E-state index < -0.39 is 5.97 Å². The lowest BCUT2D eigenvalue weighted by Gasteiger charge is -2.25. The van der Waals surface area contributed by atoms with Gasteiger partial charge in [0, 0.05) is 25.9 Å². The summed E-state index contributed by atoms with van der Waals surface area (Å²) in [6.07, 6.45) is 3.10. The topological polar surface area (TPSA) is 57.6 Å². The van der Waals surface area contributed by atoms with Crippen molar-refractivity contribution in [2.75, 3.05) is 13.6 Å². The number of hydrogen-bond acceptors (Lipinski definition) is 2. The van der Waals surface area contributed by atoms with Crippen LogP contribution in [0.2, 0.25) is 0 Å². The number of nitrogens with zero attached hydrogens (tertiary/aromatic N) is 1. The van der Waals surface area contributed by atoms with Gasteiger partial charge in [0.05, 0.1) is 0 Å². The molecule has 0 saturated carbocycles. The highest BCUT2D eigenvalue weighted by molar-refractivity contribution is 5.78. The fraction of sp³-hybridized carbons (Fsp3) is 0.882. The van der Waals surface area contributed by atoms with Crippen molar-refractivity contribution in [1.29, 1.82) is 0 Å². The Morgan fingerprint density at radius 1 is 1.10 bits per heavy atom. The molecule has 1 amide bonds. The number of carbonyl (C=O) groups excluding carboxylic acids is 1. The molecule has 1 N–H and O–H groups in total. The van der Waals surface area contributed by atoms with Crippen LogP contribution < -0.4 is 0 Å². The fourth-order valence-electron chi connectivity index (χ4n) is 2.54. The van der Waals surface area contributed by atoms with E-state index in [0.29, 0.717) is 11.8 Å². The maximum atomic E-state index is 12.0. The van der Waals surface area contributed by atoms with Crippen molar-refractivity contribution in [2.45, 2.75) is 60.3 Å². The van der Waals surface area contributed by atoms with Crippen LogP contribution in [0, 0.1) is 23.7 Å². The standard InChI is InChI=1S/C17H33NO3/c1-7-13(3)17(21)18(6)9-8-12(2)10-14(4)15(5)11-16(19)20/h12-15H,7-11H2,1-6H3,(H,19,20)/t12-,13-,14+,15-/m1/s1. The van der Waals surface area contributed by atoms with Crippen molar-refractivity contribution in [1.82, 2.24) is 4.90 Å². The fourth-order valence-corrected chi connectivity index (χ4v) is 2.54. The van der Waals surface area contributed by atoms with Crippen molar-refractivity contribution in [3.8, 4) is 0 Å². The molecule has 0 fully saturated rings. The van der Waals surface area contributed by atoms with Gasteiger partial charge in [0.25, 0.3) is 0 Å². The Balaban J connectivity index is 4.12. The first kappa shape index (κ1) is 19.9. The lowest BCUT2D eigenvalue weighted by atomic mass is 9.84. The minimum absolute atomic E-state index is 0.0971. The van der Waals surface area contributed by atoms with Gasteiger partial charge in [0.1, 0.15) is 0 Å². The third-order valence-corrected chi connectivity index (χ3v) is 4.61. The summed E-state index contributed by atoms with van der Waals surface area (Å²) < 4.78 is 0. The Morgan fingerprint density at radius 2 is 1.67 bits per heavy atom. The summed E-state index contributed by atoms with van der Waals surface area (Å²) in [5.41, 5.74) is 0. The molecule has 21 heavy (non-hydrogen) atoms. The van der Waals surface area contributed by atoms with E-state index in [0.717, 1.165) is 25.8 Å². The highest BCUT2D eigenvalue weighted by atomic mass is 16.4. The normalized spacial score (nSPS) is 16.9. The van der Waals surface area contributed by atoms with Crippen LogP contribution >= 0.6 is 0 Å². The predicted molar refractivity (Wildman–Crippen MR) is 86.1 cm³/mol. The van der Waals surface area contributed by atoms with Gasteiger partial charge in [-0.3, -0.25) is 9.59 Å². The highest BCUT2D eigenvalue weighted by Gasteiger charge is 2.20. The van der Waals surface area contributed by atoms with Gasteiger partial charge in [0.15, 0.2) is 0 Å². The second-order valence-corrected chi connectivity index (χ2v) is 6.75. The zero-order valence-corrected chi connectivity index (χ0v) is 14.6. The Bertz CT molecular complexity index is 330. The quantitative estimate of drug-likeness (QED) is 0.670. The van der Waals surface area contributed by atoms with E-state index in [1.165, 1.54) is 0 Å².